The molecule has 0 aromatic carbocycles. The molecule has 2 heteroatoms. The monoisotopic (exact) mass is 145 g/mol. The summed E-state index contributed by atoms with van der Waals surface area (Å²) in [5.74, 6) is 0.878. The highest BCUT2D eigenvalue weighted by Gasteiger charge is 2.30. The summed E-state index contributed by atoms with van der Waals surface area (Å²) in [6.45, 7) is 4.13. The van der Waals surface area contributed by atoms with E-state index < -0.39 is 6.17 Å². The molecule has 1 aliphatic carbocycles. The third kappa shape index (κ3) is 1.48. The summed E-state index contributed by atoms with van der Waals surface area (Å²) in [5, 5.41) is 0. The molecular formula is C8H16FN. The van der Waals surface area contributed by atoms with Gasteiger partial charge in [-0.15, -0.1) is 0 Å². The number of hydrogen-bond acceptors (Lipinski definition) is 1. The largest absolute Gasteiger partial charge is 0.325 e. The maximum atomic E-state index is 13.0. The summed E-state index contributed by atoms with van der Waals surface area (Å²) >= 11 is 0. The Morgan fingerprint density at radius 2 is 1.90 bits per heavy atom. The fourth-order valence-electron chi connectivity index (χ4n) is 1.79. The van der Waals surface area contributed by atoms with Gasteiger partial charge in [-0.1, -0.05) is 13.8 Å². The van der Waals surface area contributed by atoms with Crippen LogP contribution >= 0.6 is 0 Å². The van der Waals surface area contributed by atoms with Crippen molar-refractivity contribution in [3.8, 4) is 0 Å². The summed E-state index contributed by atoms with van der Waals surface area (Å²) in [6.07, 6.45) is 0.978. The number of rotatable bonds is 0. The lowest BCUT2D eigenvalue weighted by atomic mass is 9.79. The quantitative estimate of drug-likeness (QED) is 0.552. The van der Waals surface area contributed by atoms with Crippen LogP contribution < -0.4 is 5.73 Å². The second kappa shape index (κ2) is 2.87. The van der Waals surface area contributed by atoms with E-state index in [-0.39, 0.29) is 6.04 Å². The molecule has 1 rings (SSSR count). The van der Waals surface area contributed by atoms with Gasteiger partial charge in [-0.05, 0) is 24.7 Å². The zero-order valence-electron chi connectivity index (χ0n) is 6.68. The Labute approximate surface area is 61.8 Å². The van der Waals surface area contributed by atoms with Crippen LogP contribution in [0.1, 0.15) is 26.7 Å². The Bertz CT molecular complexity index is 104. The highest BCUT2D eigenvalue weighted by atomic mass is 19.1. The molecule has 0 spiro atoms. The molecule has 1 saturated carbocycles. The van der Waals surface area contributed by atoms with Crippen LogP contribution in [0, 0.1) is 11.8 Å². The minimum atomic E-state index is -0.765. The van der Waals surface area contributed by atoms with E-state index in [9.17, 15) is 4.39 Å². The average molecular weight is 145 g/mol. The number of nitrogens with two attached hydrogens (primary N) is 1. The average Bonchev–Trinajstić information content (AvgIpc) is 1.82. The fourth-order valence-corrected chi connectivity index (χ4v) is 1.79. The van der Waals surface area contributed by atoms with Crippen molar-refractivity contribution >= 4 is 0 Å². The van der Waals surface area contributed by atoms with Gasteiger partial charge in [0.15, 0.2) is 0 Å². The summed E-state index contributed by atoms with van der Waals surface area (Å²) in [6, 6.07) is -0.212. The van der Waals surface area contributed by atoms with Gasteiger partial charge in [0.25, 0.3) is 0 Å². The SMILES string of the molecule is C[C@@H]1C[C@H](C)[C@H](N)[C@@H](F)C1. The van der Waals surface area contributed by atoms with Crippen LogP contribution in [-0.2, 0) is 0 Å². The van der Waals surface area contributed by atoms with E-state index in [0.29, 0.717) is 18.3 Å². The van der Waals surface area contributed by atoms with Gasteiger partial charge in [-0.3, -0.25) is 0 Å². The van der Waals surface area contributed by atoms with E-state index >= 15 is 0 Å². The predicted octanol–water partition coefficient (Wildman–Crippen LogP) is 1.72. The first-order valence-electron chi connectivity index (χ1n) is 4.01. The van der Waals surface area contributed by atoms with Gasteiger partial charge in [0.2, 0.25) is 0 Å². The van der Waals surface area contributed by atoms with E-state index in [1.807, 2.05) is 6.92 Å². The van der Waals surface area contributed by atoms with Crippen molar-refractivity contribution in [1.29, 1.82) is 0 Å². The van der Waals surface area contributed by atoms with Crippen LogP contribution in [0.25, 0.3) is 0 Å². The van der Waals surface area contributed by atoms with Crippen molar-refractivity contribution in [2.45, 2.75) is 38.9 Å². The van der Waals surface area contributed by atoms with E-state index in [0.717, 1.165) is 6.42 Å². The highest BCUT2D eigenvalue weighted by molar-refractivity contribution is 4.85. The van der Waals surface area contributed by atoms with E-state index in [1.54, 1.807) is 0 Å². The molecule has 0 aromatic heterocycles. The smallest absolute Gasteiger partial charge is 0.116 e. The molecule has 0 aliphatic heterocycles. The standard InChI is InChI=1S/C8H16FN/c1-5-3-6(2)8(10)7(9)4-5/h5-8H,3-4,10H2,1-2H3/t5-,6+,7+,8+/m1/s1. The molecule has 1 fully saturated rings. The van der Waals surface area contributed by atoms with Crippen molar-refractivity contribution in [2.24, 2.45) is 17.6 Å². The molecular weight excluding hydrogens is 129 g/mol. The summed E-state index contributed by atoms with van der Waals surface area (Å²) in [4.78, 5) is 0. The van der Waals surface area contributed by atoms with Crippen molar-refractivity contribution in [1.82, 2.24) is 0 Å². The summed E-state index contributed by atoms with van der Waals surface area (Å²) < 4.78 is 13.0. The predicted molar refractivity (Wildman–Crippen MR) is 40.4 cm³/mol. The summed E-state index contributed by atoms with van der Waals surface area (Å²) in [5.41, 5.74) is 5.61. The Kier molecular flexibility index (Phi) is 2.29. The van der Waals surface area contributed by atoms with E-state index in [2.05, 4.69) is 6.92 Å². The molecule has 0 amide bonds. The fraction of sp³-hybridized carbons (Fsp3) is 1.00. The molecule has 0 radical (unpaired) electrons. The van der Waals surface area contributed by atoms with Gasteiger partial charge in [0, 0.05) is 6.04 Å². The van der Waals surface area contributed by atoms with Gasteiger partial charge in [0.05, 0.1) is 0 Å². The van der Waals surface area contributed by atoms with Gasteiger partial charge < -0.3 is 5.73 Å². The van der Waals surface area contributed by atoms with Crippen molar-refractivity contribution in [3.05, 3.63) is 0 Å². The maximum absolute atomic E-state index is 13.0. The molecule has 0 heterocycles. The van der Waals surface area contributed by atoms with Crippen molar-refractivity contribution < 1.29 is 4.39 Å². The Hall–Kier alpha value is -0.110. The van der Waals surface area contributed by atoms with Gasteiger partial charge in [0.1, 0.15) is 6.17 Å². The number of alkyl halides is 1. The number of halogens is 1. The third-order valence-corrected chi connectivity index (χ3v) is 2.48. The number of hydrogen-bond donors (Lipinski definition) is 1. The van der Waals surface area contributed by atoms with Crippen LogP contribution in [0.2, 0.25) is 0 Å². The zero-order chi connectivity index (χ0) is 7.72. The second-order valence-corrected chi connectivity index (χ2v) is 3.65. The normalized spacial score (nSPS) is 49.2. The first-order chi connectivity index (χ1) is 4.61. The van der Waals surface area contributed by atoms with Gasteiger partial charge >= 0.3 is 0 Å². The van der Waals surface area contributed by atoms with Crippen molar-refractivity contribution in [3.63, 3.8) is 0 Å². The minimum absolute atomic E-state index is 0.212. The van der Waals surface area contributed by atoms with E-state index in [1.165, 1.54) is 0 Å². The van der Waals surface area contributed by atoms with E-state index in [4.69, 9.17) is 5.73 Å². The molecule has 1 aliphatic rings. The Morgan fingerprint density at radius 3 is 2.40 bits per heavy atom. The van der Waals surface area contributed by atoms with Crippen molar-refractivity contribution in [2.75, 3.05) is 0 Å². The molecule has 60 valence electrons. The molecule has 0 aromatic rings. The molecule has 2 N–H and O–H groups in total. The lowest BCUT2D eigenvalue weighted by molar-refractivity contribution is 0.135. The molecule has 10 heavy (non-hydrogen) atoms. The first kappa shape index (κ1) is 7.99. The lowest BCUT2D eigenvalue weighted by Gasteiger charge is -2.32. The van der Waals surface area contributed by atoms with Crippen LogP contribution in [0.4, 0.5) is 4.39 Å². The molecule has 1 nitrogen and oxygen atoms in total. The lowest BCUT2D eigenvalue weighted by Crippen LogP contribution is -2.43. The zero-order valence-corrected chi connectivity index (χ0v) is 6.68. The Balaban J connectivity index is 2.49. The molecule has 4 atom stereocenters. The topological polar surface area (TPSA) is 26.0 Å². The molecule has 0 bridgehead atoms. The van der Waals surface area contributed by atoms with Gasteiger partial charge in [-0.25, -0.2) is 4.39 Å². The third-order valence-electron chi connectivity index (χ3n) is 2.48. The van der Waals surface area contributed by atoms with Crippen LogP contribution in [0.5, 0.6) is 0 Å². The molecule has 0 unspecified atom stereocenters. The maximum Gasteiger partial charge on any atom is 0.116 e. The first-order valence-corrected chi connectivity index (χ1v) is 4.01. The second-order valence-electron chi connectivity index (χ2n) is 3.65. The molecule has 0 saturated heterocycles. The minimum Gasteiger partial charge on any atom is -0.325 e. The summed E-state index contributed by atoms with van der Waals surface area (Å²) in [7, 11) is 0. The van der Waals surface area contributed by atoms with Gasteiger partial charge in [-0.2, -0.15) is 0 Å². The highest BCUT2D eigenvalue weighted by Crippen LogP contribution is 2.29. The van der Waals surface area contributed by atoms with Crippen LogP contribution in [0.3, 0.4) is 0 Å². The Morgan fingerprint density at radius 1 is 1.30 bits per heavy atom. The van der Waals surface area contributed by atoms with Crippen LogP contribution in [0.15, 0.2) is 0 Å². The van der Waals surface area contributed by atoms with Crippen LogP contribution in [-0.4, -0.2) is 12.2 Å².